The van der Waals surface area contributed by atoms with E-state index in [1.807, 2.05) is 0 Å². The summed E-state index contributed by atoms with van der Waals surface area (Å²) in [5, 5.41) is 3.15. The van der Waals surface area contributed by atoms with Gasteiger partial charge in [-0.05, 0) is 6.07 Å². The second-order valence-corrected chi connectivity index (χ2v) is 3.85. The number of rotatable bonds is 2. The molecule has 1 aromatic heterocycles. The fourth-order valence-corrected chi connectivity index (χ4v) is 1.62. The van der Waals surface area contributed by atoms with Crippen LogP contribution in [0.1, 0.15) is 0 Å². The molecule has 1 fully saturated rings. The molecule has 0 radical (unpaired) electrons. The molecule has 0 bridgehead atoms. The highest BCUT2D eigenvalue weighted by atomic mass is 16.6. The molecule has 3 N–H and O–H groups in total. The van der Waals surface area contributed by atoms with Crippen LogP contribution in [0.3, 0.4) is 0 Å². The third-order valence-electron chi connectivity index (χ3n) is 2.63. The number of nitrogens with one attached hydrogen (secondary N) is 1. The SMILES string of the molecule is COc1ccc(N)c(OC(=O)N2CCNCC2)n1. The van der Waals surface area contributed by atoms with Gasteiger partial charge in [-0.3, -0.25) is 0 Å². The van der Waals surface area contributed by atoms with Gasteiger partial charge >= 0.3 is 6.09 Å². The highest BCUT2D eigenvalue weighted by Gasteiger charge is 2.19. The van der Waals surface area contributed by atoms with Crippen LogP contribution in [0.2, 0.25) is 0 Å². The number of carbonyl (C=O) groups is 1. The van der Waals surface area contributed by atoms with Crippen LogP contribution in [-0.4, -0.2) is 49.3 Å². The monoisotopic (exact) mass is 252 g/mol. The summed E-state index contributed by atoms with van der Waals surface area (Å²) in [6.07, 6.45) is -0.441. The summed E-state index contributed by atoms with van der Waals surface area (Å²) in [6.45, 7) is 2.75. The number of ether oxygens (including phenoxy) is 2. The van der Waals surface area contributed by atoms with Crippen LogP contribution < -0.4 is 20.5 Å². The fraction of sp³-hybridized carbons (Fsp3) is 0.455. The maximum Gasteiger partial charge on any atom is 0.416 e. The summed E-state index contributed by atoms with van der Waals surface area (Å²) >= 11 is 0. The molecule has 0 spiro atoms. The zero-order chi connectivity index (χ0) is 13.0. The van der Waals surface area contributed by atoms with Crippen molar-refractivity contribution in [1.82, 2.24) is 15.2 Å². The van der Waals surface area contributed by atoms with Crippen LogP contribution in [0, 0.1) is 0 Å². The van der Waals surface area contributed by atoms with E-state index < -0.39 is 6.09 Å². The molecule has 0 saturated carbocycles. The van der Waals surface area contributed by atoms with E-state index in [9.17, 15) is 4.79 Å². The first kappa shape index (κ1) is 12.4. The Labute approximate surface area is 105 Å². The Hall–Kier alpha value is -2.02. The first-order valence-electron chi connectivity index (χ1n) is 5.68. The number of carbonyl (C=O) groups excluding carboxylic acids is 1. The van der Waals surface area contributed by atoms with E-state index in [4.69, 9.17) is 15.2 Å². The number of amides is 1. The summed E-state index contributed by atoms with van der Waals surface area (Å²) in [6, 6.07) is 3.20. The summed E-state index contributed by atoms with van der Waals surface area (Å²) in [5.41, 5.74) is 6.00. The van der Waals surface area contributed by atoms with Crippen molar-refractivity contribution in [1.29, 1.82) is 0 Å². The smallest absolute Gasteiger partial charge is 0.416 e. The molecule has 1 amide bonds. The first-order chi connectivity index (χ1) is 8.70. The van der Waals surface area contributed by atoms with Gasteiger partial charge in [0.25, 0.3) is 5.88 Å². The number of pyridine rings is 1. The van der Waals surface area contributed by atoms with Gasteiger partial charge < -0.3 is 25.4 Å². The Morgan fingerprint density at radius 3 is 2.83 bits per heavy atom. The summed E-state index contributed by atoms with van der Waals surface area (Å²) in [7, 11) is 1.49. The highest BCUT2D eigenvalue weighted by Crippen LogP contribution is 2.22. The van der Waals surface area contributed by atoms with Gasteiger partial charge in [0, 0.05) is 32.2 Å². The molecule has 0 aromatic carbocycles. The van der Waals surface area contributed by atoms with E-state index in [-0.39, 0.29) is 5.88 Å². The number of hydrogen-bond acceptors (Lipinski definition) is 6. The standard InChI is InChI=1S/C11H16N4O3/c1-17-9-3-2-8(12)10(14-9)18-11(16)15-6-4-13-5-7-15/h2-3,13H,4-7,12H2,1H3. The van der Waals surface area contributed by atoms with Crippen LogP contribution >= 0.6 is 0 Å². The van der Waals surface area contributed by atoms with E-state index >= 15 is 0 Å². The van der Waals surface area contributed by atoms with Crippen molar-refractivity contribution in [3.8, 4) is 11.8 Å². The Bertz CT molecular complexity index is 432. The zero-order valence-corrected chi connectivity index (χ0v) is 10.2. The summed E-state index contributed by atoms with van der Waals surface area (Å²) in [4.78, 5) is 17.5. The molecule has 2 rings (SSSR count). The molecular weight excluding hydrogens is 236 g/mol. The van der Waals surface area contributed by atoms with Gasteiger partial charge in [0.2, 0.25) is 5.88 Å². The first-order valence-corrected chi connectivity index (χ1v) is 5.68. The molecule has 1 aliphatic heterocycles. The van der Waals surface area contributed by atoms with Crippen LogP contribution in [0.25, 0.3) is 0 Å². The number of aromatic nitrogens is 1. The van der Waals surface area contributed by atoms with Gasteiger partial charge in [0.05, 0.1) is 12.8 Å². The average molecular weight is 252 g/mol. The lowest BCUT2D eigenvalue weighted by Crippen LogP contribution is -2.47. The molecule has 18 heavy (non-hydrogen) atoms. The number of nitrogens with two attached hydrogens (primary N) is 1. The van der Waals surface area contributed by atoms with Crippen molar-refractivity contribution in [2.45, 2.75) is 0 Å². The largest absolute Gasteiger partial charge is 0.481 e. The Morgan fingerprint density at radius 2 is 2.17 bits per heavy atom. The van der Waals surface area contributed by atoms with Gasteiger partial charge in [-0.1, -0.05) is 0 Å². The average Bonchev–Trinajstić information content (AvgIpc) is 2.42. The topological polar surface area (TPSA) is 89.7 Å². The lowest BCUT2D eigenvalue weighted by atomic mass is 10.4. The molecule has 0 atom stereocenters. The minimum absolute atomic E-state index is 0.0814. The predicted octanol–water partition coefficient (Wildman–Crippen LogP) is 0.0764. The molecule has 0 aliphatic carbocycles. The number of nitrogens with zero attached hydrogens (tertiary/aromatic N) is 2. The number of anilines is 1. The molecule has 1 aliphatic rings. The van der Waals surface area contributed by atoms with Crippen molar-refractivity contribution in [2.75, 3.05) is 39.0 Å². The summed E-state index contributed by atoms with van der Waals surface area (Å²) in [5.74, 6) is 0.435. The van der Waals surface area contributed by atoms with E-state index in [1.165, 1.54) is 7.11 Å². The van der Waals surface area contributed by atoms with Crippen LogP contribution in [0.4, 0.5) is 10.5 Å². The quantitative estimate of drug-likeness (QED) is 0.774. The Kier molecular flexibility index (Phi) is 3.83. The second kappa shape index (κ2) is 5.54. The molecule has 7 heteroatoms. The maximum absolute atomic E-state index is 11.9. The minimum atomic E-state index is -0.441. The van der Waals surface area contributed by atoms with Gasteiger partial charge in [-0.15, -0.1) is 0 Å². The Balaban J connectivity index is 2.05. The van der Waals surface area contributed by atoms with E-state index in [1.54, 1.807) is 17.0 Å². The lowest BCUT2D eigenvalue weighted by molar-refractivity contribution is 0.144. The minimum Gasteiger partial charge on any atom is -0.481 e. The van der Waals surface area contributed by atoms with Crippen molar-refractivity contribution in [3.63, 3.8) is 0 Å². The lowest BCUT2D eigenvalue weighted by Gasteiger charge is -2.26. The Morgan fingerprint density at radius 1 is 1.44 bits per heavy atom. The summed E-state index contributed by atoms with van der Waals surface area (Å²) < 4.78 is 10.1. The normalized spacial score (nSPS) is 15.3. The number of piperazine rings is 1. The van der Waals surface area contributed by atoms with Gasteiger partial charge in [-0.2, -0.15) is 4.98 Å². The van der Waals surface area contributed by atoms with Crippen molar-refractivity contribution in [2.24, 2.45) is 0 Å². The van der Waals surface area contributed by atoms with E-state index in [0.717, 1.165) is 13.1 Å². The number of nitrogen functional groups attached to an aromatic ring is 1. The molecular formula is C11H16N4O3. The van der Waals surface area contributed by atoms with Crippen LogP contribution in [-0.2, 0) is 0 Å². The van der Waals surface area contributed by atoms with Crippen molar-refractivity contribution < 1.29 is 14.3 Å². The maximum atomic E-state index is 11.9. The third-order valence-corrected chi connectivity index (χ3v) is 2.63. The molecule has 7 nitrogen and oxygen atoms in total. The van der Waals surface area contributed by atoms with Crippen molar-refractivity contribution in [3.05, 3.63) is 12.1 Å². The van der Waals surface area contributed by atoms with Gasteiger partial charge in [-0.25, -0.2) is 4.79 Å². The predicted molar refractivity (Wildman–Crippen MR) is 65.7 cm³/mol. The molecule has 98 valence electrons. The van der Waals surface area contributed by atoms with E-state index in [2.05, 4.69) is 10.3 Å². The molecule has 1 saturated heterocycles. The van der Waals surface area contributed by atoms with Crippen molar-refractivity contribution >= 4 is 11.8 Å². The van der Waals surface area contributed by atoms with Gasteiger partial charge in [0.15, 0.2) is 0 Å². The molecule has 1 aromatic rings. The zero-order valence-electron chi connectivity index (χ0n) is 10.2. The molecule has 2 heterocycles. The molecule has 0 unspecified atom stereocenters. The second-order valence-electron chi connectivity index (χ2n) is 3.85. The van der Waals surface area contributed by atoms with Crippen LogP contribution in [0.15, 0.2) is 12.1 Å². The van der Waals surface area contributed by atoms with Gasteiger partial charge in [0.1, 0.15) is 0 Å². The number of hydrogen-bond donors (Lipinski definition) is 2. The third kappa shape index (κ3) is 2.80. The number of methoxy groups -OCH3 is 1. The van der Waals surface area contributed by atoms with Crippen LogP contribution in [0.5, 0.6) is 11.8 Å². The van der Waals surface area contributed by atoms with E-state index in [0.29, 0.717) is 24.7 Å². The fourth-order valence-electron chi connectivity index (χ4n) is 1.62. The highest BCUT2D eigenvalue weighted by molar-refractivity contribution is 5.72.